The van der Waals surface area contributed by atoms with Gasteiger partial charge in [-0.2, -0.15) is 0 Å². The Kier molecular flexibility index (Phi) is 5.45. The van der Waals surface area contributed by atoms with Crippen molar-refractivity contribution in [3.05, 3.63) is 66.3 Å². The lowest BCUT2D eigenvalue weighted by atomic mass is 9.99. The van der Waals surface area contributed by atoms with Crippen LogP contribution in [-0.2, 0) is 0 Å². The summed E-state index contributed by atoms with van der Waals surface area (Å²) in [5, 5.41) is 0.475. The molecule has 0 aliphatic rings. The molecule has 0 aliphatic carbocycles. The summed E-state index contributed by atoms with van der Waals surface area (Å²) in [4.78, 5) is 0. The maximum atomic E-state index is 14.3. The molecule has 2 rings (SSSR count). The van der Waals surface area contributed by atoms with Gasteiger partial charge in [0.15, 0.2) is 0 Å². The fourth-order valence-corrected chi connectivity index (χ4v) is 2.95. The third-order valence-corrected chi connectivity index (χ3v) is 5.40. The molecule has 0 aliphatic heterocycles. The molecule has 0 heterocycles. The highest BCUT2D eigenvalue weighted by molar-refractivity contribution is 9.10. The Balaban J connectivity index is 2.59. The standard InChI is InChI=1S/C13H9Br2Cl2FN2/c14-8-3-1-2-6(10(8)16)13(20-19)7-4-5-9(15)11(17)12(7)18/h1-5,13,20H,19H2. The summed E-state index contributed by atoms with van der Waals surface area (Å²) in [6.07, 6.45) is 0. The van der Waals surface area contributed by atoms with Crippen LogP contribution < -0.4 is 11.3 Å². The van der Waals surface area contributed by atoms with Crippen molar-refractivity contribution in [1.82, 2.24) is 5.43 Å². The van der Waals surface area contributed by atoms with Crippen LogP contribution in [0.15, 0.2) is 39.3 Å². The molecule has 2 aromatic carbocycles. The van der Waals surface area contributed by atoms with E-state index < -0.39 is 11.9 Å². The van der Waals surface area contributed by atoms with Crippen LogP contribution in [0.3, 0.4) is 0 Å². The van der Waals surface area contributed by atoms with E-state index in [-0.39, 0.29) is 5.02 Å². The van der Waals surface area contributed by atoms with E-state index in [1.54, 1.807) is 30.3 Å². The predicted molar refractivity (Wildman–Crippen MR) is 87.4 cm³/mol. The Morgan fingerprint density at radius 1 is 1.00 bits per heavy atom. The number of rotatable bonds is 3. The van der Waals surface area contributed by atoms with E-state index in [0.717, 1.165) is 0 Å². The van der Waals surface area contributed by atoms with Gasteiger partial charge in [-0.15, -0.1) is 0 Å². The first kappa shape index (κ1) is 16.2. The molecule has 0 aromatic heterocycles. The number of nitrogens with one attached hydrogen (secondary N) is 1. The van der Waals surface area contributed by atoms with E-state index >= 15 is 0 Å². The van der Waals surface area contributed by atoms with Crippen molar-refractivity contribution >= 4 is 55.1 Å². The average molecular weight is 443 g/mol. The van der Waals surface area contributed by atoms with Crippen LogP contribution >= 0.6 is 55.1 Å². The summed E-state index contributed by atoms with van der Waals surface area (Å²) in [5.74, 6) is 5.03. The van der Waals surface area contributed by atoms with E-state index in [4.69, 9.17) is 29.0 Å². The molecule has 0 fully saturated rings. The zero-order chi connectivity index (χ0) is 14.9. The molecule has 0 amide bonds. The molecule has 0 spiro atoms. The van der Waals surface area contributed by atoms with Crippen LogP contribution in [0.1, 0.15) is 17.2 Å². The second-order valence-electron chi connectivity index (χ2n) is 4.01. The monoisotopic (exact) mass is 440 g/mol. The van der Waals surface area contributed by atoms with Crippen LogP contribution in [0, 0.1) is 5.82 Å². The zero-order valence-corrected chi connectivity index (χ0v) is 14.6. The topological polar surface area (TPSA) is 38.0 Å². The van der Waals surface area contributed by atoms with Gasteiger partial charge in [0.25, 0.3) is 0 Å². The van der Waals surface area contributed by atoms with Gasteiger partial charge in [0.05, 0.1) is 16.1 Å². The maximum Gasteiger partial charge on any atom is 0.148 e. The highest BCUT2D eigenvalue weighted by Crippen LogP contribution is 2.36. The van der Waals surface area contributed by atoms with Gasteiger partial charge in [0.1, 0.15) is 5.82 Å². The van der Waals surface area contributed by atoms with Crippen molar-refractivity contribution in [1.29, 1.82) is 0 Å². The molecule has 1 unspecified atom stereocenters. The van der Waals surface area contributed by atoms with E-state index in [1.807, 2.05) is 0 Å². The van der Waals surface area contributed by atoms with Crippen molar-refractivity contribution < 1.29 is 4.39 Å². The Morgan fingerprint density at radius 2 is 1.65 bits per heavy atom. The number of hydrogen-bond donors (Lipinski definition) is 2. The molecule has 2 aromatic rings. The lowest BCUT2D eigenvalue weighted by Gasteiger charge is -2.20. The number of hydrogen-bond acceptors (Lipinski definition) is 2. The first-order valence-electron chi connectivity index (χ1n) is 5.50. The number of hydrazine groups is 1. The molecule has 0 radical (unpaired) electrons. The lowest BCUT2D eigenvalue weighted by Crippen LogP contribution is -2.30. The van der Waals surface area contributed by atoms with Gasteiger partial charge in [0.2, 0.25) is 0 Å². The zero-order valence-electron chi connectivity index (χ0n) is 9.93. The highest BCUT2D eigenvalue weighted by Gasteiger charge is 2.22. The molecule has 0 bridgehead atoms. The van der Waals surface area contributed by atoms with Crippen LogP contribution in [0.2, 0.25) is 10.0 Å². The summed E-state index contributed by atoms with van der Waals surface area (Å²) in [5.41, 5.74) is 3.54. The quantitative estimate of drug-likeness (QED) is 0.389. The average Bonchev–Trinajstić information content (AvgIpc) is 2.44. The summed E-state index contributed by atoms with van der Waals surface area (Å²) in [6, 6.07) is 8.03. The molecule has 1 atom stereocenters. The number of benzene rings is 2. The first-order valence-corrected chi connectivity index (χ1v) is 7.85. The van der Waals surface area contributed by atoms with Gasteiger partial charge < -0.3 is 0 Å². The molecule has 106 valence electrons. The van der Waals surface area contributed by atoms with Crippen LogP contribution in [0.25, 0.3) is 0 Å². The largest absolute Gasteiger partial charge is 0.271 e. The third-order valence-electron chi connectivity index (χ3n) is 2.84. The molecule has 7 heteroatoms. The van der Waals surface area contributed by atoms with Gasteiger partial charge >= 0.3 is 0 Å². The minimum absolute atomic E-state index is 0.00821. The summed E-state index contributed by atoms with van der Waals surface area (Å²) in [6.45, 7) is 0. The van der Waals surface area contributed by atoms with Crippen LogP contribution in [0.5, 0.6) is 0 Å². The lowest BCUT2D eigenvalue weighted by molar-refractivity contribution is 0.560. The van der Waals surface area contributed by atoms with Crippen molar-refractivity contribution in [3.63, 3.8) is 0 Å². The molecule has 0 saturated carbocycles. The molecular weight excluding hydrogens is 434 g/mol. The molecular formula is C13H9Br2Cl2FN2. The smallest absolute Gasteiger partial charge is 0.148 e. The van der Waals surface area contributed by atoms with Crippen LogP contribution in [-0.4, -0.2) is 0 Å². The first-order chi connectivity index (χ1) is 9.47. The summed E-state index contributed by atoms with van der Waals surface area (Å²) >= 11 is 18.7. The van der Waals surface area contributed by atoms with E-state index in [2.05, 4.69) is 37.3 Å². The normalized spacial score (nSPS) is 12.5. The van der Waals surface area contributed by atoms with Gasteiger partial charge in [0, 0.05) is 14.5 Å². The maximum absolute atomic E-state index is 14.3. The summed E-state index contributed by atoms with van der Waals surface area (Å²) < 4.78 is 15.5. The van der Waals surface area contributed by atoms with Gasteiger partial charge in [-0.1, -0.05) is 41.4 Å². The highest BCUT2D eigenvalue weighted by atomic mass is 79.9. The fraction of sp³-hybridized carbons (Fsp3) is 0.0769. The van der Waals surface area contributed by atoms with E-state index in [0.29, 0.717) is 25.1 Å². The SMILES string of the molecule is NNC(c1ccc(Br)c(Cl)c1F)c1cccc(Br)c1Cl. The molecule has 2 nitrogen and oxygen atoms in total. The second kappa shape index (κ2) is 6.73. The molecule has 0 saturated heterocycles. The third kappa shape index (κ3) is 3.03. The van der Waals surface area contributed by atoms with Crippen molar-refractivity contribution in [2.24, 2.45) is 5.84 Å². The van der Waals surface area contributed by atoms with Gasteiger partial charge in [-0.25, -0.2) is 9.82 Å². The van der Waals surface area contributed by atoms with Crippen molar-refractivity contribution in [3.8, 4) is 0 Å². The molecule has 3 N–H and O–H groups in total. The molecule has 20 heavy (non-hydrogen) atoms. The van der Waals surface area contributed by atoms with Gasteiger partial charge in [-0.3, -0.25) is 5.84 Å². The Morgan fingerprint density at radius 3 is 2.30 bits per heavy atom. The van der Waals surface area contributed by atoms with Gasteiger partial charge in [-0.05, 0) is 49.6 Å². The second-order valence-corrected chi connectivity index (χ2v) is 6.47. The number of nitrogens with two attached hydrogens (primary N) is 1. The number of halogens is 5. The Bertz CT molecular complexity index is 653. The minimum atomic E-state index is -0.606. The fourth-order valence-electron chi connectivity index (χ4n) is 1.85. The Hall–Kier alpha value is -0.170. The van der Waals surface area contributed by atoms with E-state index in [1.165, 1.54) is 0 Å². The Labute approximate surface area is 142 Å². The summed E-state index contributed by atoms with van der Waals surface area (Å²) in [7, 11) is 0. The van der Waals surface area contributed by atoms with Crippen LogP contribution in [0.4, 0.5) is 4.39 Å². The minimum Gasteiger partial charge on any atom is -0.271 e. The van der Waals surface area contributed by atoms with Crippen molar-refractivity contribution in [2.45, 2.75) is 6.04 Å². The van der Waals surface area contributed by atoms with Crippen molar-refractivity contribution in [2.75, 3.05) is 0 Å². The predicted octanol–water partition coefficient (Wildman–Crippen LogP) is 5.21. The van der Waals surface area contributed by atoms with E-state index in [9.17, 15) is 4.39 Å².